The Morgan fingerprint density at radius 1 is 0.433 bits per heavy atom. The zero-order valence-corrected chi connectivity index (χ0v) is 17.6. The predicted octanol–water partition coefficient (Wildman–Crippen LogP) is 6.17. The van der Waals surface area contributed by atoms with Crippen molar-refractivity contribution in [1.29, 1.82) is 0 Å². The van der Waals surface area contributed by atoms with Crippen LogP contribution in [0.5, 0.6) is 0 Å². The number of aliphatic hydroxyl groups is 2. The fraction of sp³-hybridized carbons (Fsp3) is 0.0769. The summed E-state index contributed by atoms with van der Waals surface area (Å²) in [6.07, 6.45) is 0. The molecular weight excluding hydrogens is 415 g/mol. The molecule has 150 valence electrons. The predicted molar refractivity (Wildman–Crippen MR) is 122 cm³/mol. The van der Waals surface area contributed by atoms with Gasteiger partial charge in [-0.2, -0.15) is 0 Å². The van der Waals surface area contributed by atoms with E-state index in [0.29, 0.717) is 21.2 Å². The van der Waals surface area contributed by atoms with E-state index < -0.39 is 11.2 Å². The minimum Gasteiger partial charge on any atom is -0.361 e. The lowest BCUT2D eigenvalue weighted by Crippen LogP contribution is -2.51. The third-order valence-electron chi connectivity index (χ3n) is 5.46. The molecule has 0 atom stereocenters. The first kappa shape index (κ1) is 20.6. The summed E-state index contributed by atoms with van der Waals surface area (Å²) >= 11 is 12.2. The van der Waals surface area contributed by atoms with Crippen molar-refractivity contribution in [3.8, 4) is 0 Å². The molecule has 0 heterocycles. The van der Waals surface area contributed by atoms with Crippen molar-refractivity contribution >= 4 is 23.2 Å². The number of hydrogen-bond acceptors (Lipinski definition) is 2. The first-order valence-corrected chi connectivity index (χ1v) is 10.3. The van der Waals surface area contributed by atoms with Gasteiger partial charge in [-0.25, -0.2) is 0 Å². The highest BCUT2D eigenvalue weighted by Gasteiger charge is 2.54. The quantitative estimate of drug-likeness (QED) is 0.291. The van der Waals surface area contributed by atoms with Crippen LogP contribution in [0, 0.1) is 0 Å². The van der Waals surface area contributed by atoms with Crippen molar-refractivity contribution in [3.63, 3.8) is 0 Å². The summed E-state index contributed by atoms with van der Waals surface area (Å²) in [6.45, 7) is 0. The van der Waals surface area contributed by atoms with Gasteiger partial charge in [0.15, 0.2) is 0 Å². The summed E-state index contributed by atoms with van der Waals surface area (Å²) in [5.41, 5.74) is 1.17. The molecule has 2 nitrogen and oxygen atoms in total. The van der Waals surface area contributed by atoms with Gasteiger partial charge in [-0.1, -0.05) is 108 Å². The van der Waals surface area contributed by atoms with Crippen LogP contribution in [0.3, 0.4) is 0 Å². The lowest BCUT2D eigenvalue weighted by atomic mass is 9.62. The molecule has 0 spiro atoms. The molecule has 0 fully saturated rings. The van der Waals surface area contributed by atoms with Crippen LogP contribution < -0.4 is 0 Å². The Kier molecular flexibility index (Phi) is 5.68. The van der Waals surface area contributed by atoms with E-state index in [1.807, 2.05) is 72.8 Å². The summed E-state index contributed by atoms with van der Waals surface area (Å²) < 4.78 is 0. The summed E-state index contributed by atoms with van der Waals surface area (Å²) in [5, 5.41) is 24.9. The maximum atomic E-state index is 11.9. The highest BCUT2D eigenvalue weighted by Crippen LogP contribution is 2.51. The Morgan fingerprint density at radius 2 is 0.767 bits per heavy atom. The first-order chi connectivity index (χ1) is 14.5. The summed E-state index contributed by atoms with van der Waals surface area (Å²) in [5.74, 6) is -2.30. The van der Waals surface area contributed by atoms with E-state index in [4.69, 9.17) is 23.2 Å². The average molecular weight is 435 g/mol. The van der Waals surface area contributed by atoms with E-state index in [9.17, 15) is 10.2 Å². The van der Waals surface area contributed by atoms with Crippen LogP contribution >= 0.6 is 23.2 Å². The van der Waals surface area contributed by atoms with Gasteiger partial charge in [0.2, 0.25) is 5.79 Å². The van der Waals surface area contributed by atoms with Gasteiger partial charge in [-0.3, -0.25) is 0 Å². The molecule has 0 saturated carbocycles. The van der Waals surface area contributed by atoms with Gasteiger partial charge in [0, 0.05) is 15.6 Å². The summed E-state index contributed by atoms with van der Waals surface area (Å²) in [7, 11) is 0. The topological polar surface area (TPSA) is 40.5 Å². The lowest BCUT2D eigenvalue weighted by Gasteiger charge is -2.45. The lowest BCUT2D eigenvalue weighted by molar-refractivity contribution is -0.203. The van der Waals surface area contributed by atoms with Crippen LogP contribution in [0.25, 0.3) is 0 Å². The molecule has 30 heavy (non-hydrogen) atoms. The molecule has 2 N–H and O–H groups in total. The highest BCUT2D eigenvalue weighted by atomic mass is 35.5. The molecule has 0 aliphatic rings. The van der Waals surface area contributed by atoms with Gasteiger partial charge in [0.1, 0.15) is 5.41 Å². The molecule has 0 aliphatic heterocycles. The Hall–Kier alpha value is -2.62. The molecule has 0 aromatic heterocycles. The monoisotopic (exact) mass is 434 g/mol. The Labute approximate surface area is 186 Å². The Morgan fingerprint density at radius 3 is 1.17 bits per heavy atom. The Balaban J connectivity index is 2.12. The van der Waals surface area contributed by atoms with E-state index in [2.05, 4.69) is 0 Å². The number of benzene rings is 4. The largest absolute Gasteiger partial charge is 0.361 e. The van der Waals surface area contributed by atoms with Crippen LogP contribution in [0.2, 0.25) is 10.0 Å². The van der Waals surface area contributed by atoms with E-state index in [-0.39, 0.29) is 0 Å². The fourth-order valence-electron chi connectivity index (χ4n) is 4.08. The van der Waals surface area contributed by atoms with E-state index >= 15 is 0 Å². The van der Waals surface area contributed by atoms with Gasteiger partial charge >= 0.3 is 0 Å². The third-order valence-corrected chi connectivity index (χ3v) is 5.96. The van der Waals surface area contributed by atoms with Gasteiger partial charge in [-0.15, -0.1) is 0 Å². The van der Waals surface area contributed by atoms with Crippen molar-refractivity contribution in [2.24, 2.45) is 0 Å². The molecular formula is C26H20Cl2O2. The van der Waals surface area contributed by atoms with Crippen molar-refractivity contribution < 1.29 is 10.2 Å². The average Bonchev–Trinajstić information content (AvgIpc) is 2.77. The summed E-state index contributed by atoms with van der Waals surface area (Å²) in [4.78, 5) is 0. The van der Waals surface area contributed by atoms with E-state index in [1.165, 1.54) is 0 Å². The van der Waals surface area contributed by atoms with E-state index in [1.54, 1.807) is 36.4 Å². The SMILES string of the molecule is OC(O)(c1ccc(Cl)cc1)C(c1ccccc1)(c1ccccc1)c1ccc(Cl)cc1. The first-order valence-electron chi connectivity index (χ1n) is 9.54. The molecule has 4 aromatic carbocycles. The van der Waals surface area contributed by atoms with Crippen molar-refractivity contribution in [3.05, 3.63) is 141 Å². The van der Waals surface area contributed by atoms with Gasteiger partial charge < -0.3 is 10.2 Å². The van der Waals surface area contributed by atoms with Gasteiger partial charge in [-0.05, 0) is 41.0 Å². The molecule has 0 unspecified atom stereocenters. The van der Waals surface area contributed by atoms with Gasteiger partial charge in [0.05, 0.1) is 0 Å². The molecule has 0 amide bonds. The normalized spacial score (nSPS) is 12.0. The van der Waals surface area contributed by atoms with Gasteiger partial charge in [0.25, 0.3) is 0 Å². The second-order valence-corrected chi connectivity index (χ2v) is 8.04. The third kappa shape index (κ3) is 3.42. The summed E-state index contributed by atoms with van der Waals surface area (Å²) in [6, 6.07) is 32.7. The van der Waals surface area contributed by atoms with Crippen molar-refractivity contribution in [1.82, 2.24) is 0 Å². The minimum atomic E-state index is -2.30. The zero-order chi connectivity index (χ0) is 21.2. The minimum absolute atomic E-state index is 0.328. The maximum absolute atomic E-state index is 11.9. The second-order valence-electron chi connectivity index (χ2n) is 7.17. The maximum Gasteiger partial charge on any atom is 0.208 e. The van der Waals surface area contributed by atoms with Crippen molar-refractivity contribution in [2.75, 3.05) is 0 Å². The molecule has 0 saturated heterocycles. The molecule has 4 rings (SSSR count). The zero-order valence-electron chi connectivity index (χ0n) is 16.0. The standard InChI is InChI=1S/C26H20Cl2O2/c27-23-15-11-21(12-16-23)25(19-7-3-1-4-8-19,20-9-5-2-6-10-20)26(29,30)22-13-17-24(28)18-14-22/h1-18,29-30H. The fourth-order valence-corrected chi connectivity index (χ4v) is 4.33. The van der Waals surface area contributed by atoms with Crippen molar-refractivity contribution in [2.45, 2.75) is 11.2 Å². The Bertz CT molecular complexity index is 1070. The van der Waals surface area contributed by atoms with Crippen LogP contribution in [0.1, 0.15) is 22.3 Å². The highest BCUT2D eigenvalue weighted by molar-refractivity contribution is 6.30. The number of halogens is 2. The smallest absolute Gasteiger partial charge is 0.208 e. The van der Waals surface area contributed by atoms with Crippen LogP contribution in [-0.4, -0.2) is 10.2 Å². The van der Waals surface area contributed by atoms with Crippen LogP contribution in [0.4, 0.5) is 0 Å². The molecule has 4 heteroatoms. The second kappa shape index (κ2) is 8.25. The molecule has 0 radical (unpaired) electrons. The van der Waals surface area contributed by atoms with Crippen LogP contribution in [0.15, 0.2) is 109 Å². The molecule has 0 bridgehead atoms. The molecule has 4 aromatic rings. The molecule has 0 aliphatic carbocycles. The number of hydrogen-bond donors (Lipinski definition) is 2. The van der Waals surface area contributed by atoms with E-state index in [0.717, 1.165) is 11.1 Å². The number of rotatable bonds is 5. The van der Waals surface area contributed by atoms with Crippen LogP contribution in [-0.2, 0) is 11.2 Å².